The molecule has 1 rings (SSSR count). The third-order valence-corrected chi connectivity index (χ3v) is 2.74. The predicted octanol–water partition coefficient (Wildman–Crippen LogP) is 2.69. The number of anilines is 1. The van der Waals surface area contributed by atoms with E-state index < -0.39 is 0 Å². The van der Waals surface area contributed by atoms with Gasteiger partial charge in [0.2, 0.25) is 0 Å². The van der Waals surface area contributed by atoms with Crippen LogP contribution in [-0.2, 0) is 4.74 Å². The van der Waals surface area contributed by atoms with E-state index in [9.17, 15) is 0 Å². The summed E-state index contributed by atoms with van der Waals surface area (Å²) in [6.07, 6.45) is 4.86. The Morgan fingerprint density at radius 3 is 2.69 bits per heavy atom. The van der Waals surface area contributed by atoms with Crippen LogP contribution in [0.4, 0.5) is 5.69 Å². The lowest BCUT2D eigenvalue weighted by Gasteiger charge is -2.22. The first kappa shape index (κ1) is 13.0. The van der Waals surface area contributed by atoms with E-state index in [1.165, 1.54) is 0 Å². The first-order chi connectivity index (χ1) is 7.44. The second-order valence-corrected chi connectivity index (χ2v) is 4.94. The number of ether oxygens (including phenoxy) is 1. The fourth-order valence-corrected chi connectivity index (χ4v) is 1.32. The molecule has 0 fully saturated rings. The van der Waals surface area contributed by atoms with Crippen molar-refractivity contribution >= 4 is 5.69 Å². The minimum Gasteiger partial charge on any atom is -0.382 e. The maximum atomic E-state index is 5.36. The second-order valence-electron chi connectivity index (χ2n) is 4.94. The van der Waals surface area contributed by atoms with Crippen LogP contribution in [0.2, 0.25) is 0 Å². The number of rotatable bonds is 6. The molecular formula is C12H23N3O. The number of nitrogens with one attached hydrogen (secondary N) is 1. The highest BCUT2D eigenvalue weighted by Crippen LogP contribution is 2.14. The van der Waals surface area contributed by atoms with Gasteiger partial charge in [-0.05, 0) is 34.1 Å². The molecule has 1 heterocycles. The molecular weight excluding hydrogens is 202 g/mol. The van der Waals surface area contributed by atoms with Gasteiger partial charge in [-0.3, -0.25) is 4.68 Å². The van der Waals surface area contributed by atoms with Gasteiger partial charge in [0.25, 0.3) is 0 Å². The summed E-state index contributed by atoms with van der Waals surface area (Å²) in [5.41, 5.74) is 1.00. The number of aromatic nitrogens is 2. The molecule has 16 heavy (non-hydrogen) atoms. The van der Waals surface area contributed by atoms with E-state index >= 15 is 0 Å². The Hall–Kier alpha value is -1.03. The van der Waals surface area contributed by atoms with Crippen LogP contribution in [0.15, 0.2) is 12.4 Å². The fourth-order valence-electron chi connectivity index (χ4n) is 1.32. The van der Waals surface area contributed by atoms with Crippen molar-refractivity contribution in [2.24, 2.45) is 0 Å². The average Bonchev–Trinajstić information content (AvgIpc) is 2.66. The monoisotopic (exact) mass is 225 g/mol. The van der Waals surface area contributed by atoms with Crippen molar-refractivity contribution in [1.29, 1.82) is 0 Å². The van der Waals surface area contributed by atoms with Crippen molar-refractivity contribution < 1.29 is 4.74 Å². The van der Waals surface area contributed by atoms with Crippen LogP contribution in [-0.4, -0.2) is 29.0 Å². The van der Waals surface area contributed by atoms with Crippen LogP contribution in [0.25, 0.3) is 0 Å². The van der Waals surface area contributed by atoms with Crippen molar-refractivity contribution in [1.82, 2.24) is 9.78 Å². The summed E-state index contributed by atoms with van der Waals surface area (Å²) in [5.74, 6) is 0. The van der Waals surface area contributed by atoms with Gasteiger partial charge in [-0.2, -0.15) is 5.10 Å². The Bertz CT molecular complexity index is 318. The zero-order valence-corrected chi connectivity index (χ0v) is 10.9. The van der Waals surface area contributed by atoms with E-state index in [1.54, 1.807) is 7.11 Å². The molecule has 0 saturated heterocycles. The largest absolute Gasteiger partial charge is 0.382 e. The highest BCUT2D eigenvalue weighted by molar-refractivity contribution is 5.38. The Balaban J connectivity index is 2.37. The van der Waals surface area contributed by atoms with Crippen LogP contribution in [0.5, 0.6) is 0 Å². The lowest BCUT2D eigenvalue weighted by Crippen LogP contribution is -2.25. The summed E-state index contributed by atoms with van der Waals surface area (Å²) in [7, 11) is 1.75. The summed E-state index contributed by atoms with van der Waals surface area (Å²) < 4.78 is 7.31. The van der Waals surface area contributed by atoms with E-state index in [2.05, 4.69) is 38.1 Å². The molecule has 0 bridgehead atoms. The minimum absolute atomic E-state index is 0.0684. The van der Waals surface area contributed by atoms with E-state index in [-0.39, 0.29) is 5.60 Å². The van der Waals surface area contributed by atoms with Crippen LogP contribution in [0.3, 0.4) is 0 Å². The van der Waals surface area contributed by atoms with Gasteiger partial charge < -0.3 is 10.1 Å². The molecule has 4 heteroatoms. The Morgan fingerprint density at radius 1 is 1.50 bits per heavy atom. The molecule has 0 aromatic carbocycles. The zero-order valence-electron chi connectivity index (χ0n) is 10.9. The van der Waals surface area contributed by atoms with Gasteiger partial charge in [0.05, 0.1) is 17.5 Å². The van der Waals surface area contributed by atoms with Gasteiger partial charge in [-0.1, -0.05) is 0 Å². The number of hydrogen-bond donors (Lipinski definition) is 1. The Morgan fingerprint density at radius 2 is 2.19 bits per heavy atom. The Kier molecular flexibility index (Phi) is 4.35. The summed E-state index contributed by atoms with van der Waals surface area (Å²) in [5, 5.41) is 7.62. The van der Waals surface area contributed by atoms with Crippen molar-refractivity contribution in [3.05, 3.63) is 12.4 Å². The lowest BCUT2D eigenvalue weighted by atomic mass is 10.1. The molecule has 4 nitrogen and oxygen atoms in total. The third kappa shape index (κ3) is 3.85. The van der Waals surface area contributed by atoms with Gasteiger partial charge in [-0.25, -0.2) is 0 Å². The van der Waals surface area contributed by atoms with E-state index in [1.807, 2.05) is 17.1 Å². The zero-order chi connectivity index (χ0) is 12.2. The van der Waals surface area contributed by atoms with Crippen LogP contribution in [0, 0.1) is 0 Å². The number of nitrogens with zero attached hydrogens (tertiary/aromatic N) is 2. The molecule has 0 aliphatic heterocycles. The smallest absolute Gasteiger partial charge is 0.0726 e. The van der Waals surface area contributed by atoms with Crippen molar-refractivity contribution in [2.45, 2.75) is 45.8 Å². The standard InChI is InChI=1S/C12H23N3O/c1-10(2)15-9-11(8-14-15)13-7-6-12(3,4)16-5/h8-10,13H,6-7H2,1-5H3. The first-order valence-electron chi connectivity index (χ1n) is 5.78. The quantitative estimate of drug-likeness (QED) is 0.809. The van der Waals surface area contributed by atoms with Crippen molar-refractivity contribution in [3.8, 4) is 0 Å². The molecule has 0 aliphatic carbocycles. The molecule has 0 amide bonds. The highest BCUT2D eigenvalue weighted by Gasteiger charge is 2.15. The summed E-state index contributed by atoms with van der Waals surface area (Å²) in [4.78, 5) is 0. The minimum atomic E-state index is -0.0684. The molecule has 0 saturated carbocycles. The number of methoxy groups -OCH3 is 1. The average molecular weight is 225 g/mol. The molecule has 92 valence electrons. The molecule has 0 aliphatic rings. The van der Waals surface area contributed by atoms with Crippen molar-refractivity contribution in [2.75, 3.05) is 19.0 Å². The second kappa shape index (κ2) is 5.34. The lowest BCUT2D eigenvalue weighted by molar-refractivity contribution is 0.0185. The Labute approximate surface area is 98.0 Å². The summed E-state index contributed by atoms with van der Waals surface area (Å²) in [6.45, 7) is 9.30. The summed E-state index contributed by atoms with van der Waals surface area (Å²) >= 11 is 0. The highest BCUT2D eigenvalue weighted by atomic mass is 16.5. The number of hydrogen-bond acceptors (Lipinski definition) is 3. The molecule has 1 aromatic heterocycles. The first-order valence-corrected chi connectivity index (χ1v) is 5.78. The third-order valence-electron chi connectivity index (χ3n) is 2.74. The SMILES string of the molecule is COC(C)(C)CCNc1cnn(C(C)C)c1. The topological polar surface area (TPSA) is 39.1 Å². The fraction of sp³-hybridized carbons (Fsp3) is 0.750. The molecule has 0 unspecified atom stereocenters. The van der Waals surface area contributed by atoms with Crippen LogP contribution < -0.4 is 5.32 Å². The molecule has 0 spiro atoms. The van der Waals surface area contributed by atoms with Gasteiger partial charge >= 0.3 is 0 Å². The van der Waals surface area contributed by atoms with Gasteiger partial charge in [0.15, 0.2) is 0 Å². The normalized spacial score (nSPS) is 12.1. The van der Waals surface area contributed by atoms with E-state index in [0.717, 1.165) is 18.7 Å². The van der Waals surface area contributed by atoms with Crippen LogP contribution in [0.1, 0.15) is 40.2 Å². The molecule has 0 radical (unpaired) electrons. The summed E-state index contributed by atoms with van der Waals surface area (Å²) in [6, 6.07) is 0.408. The van der Waals surface area contributed by atoms with Crippen molar-refractivity contribution in [3.63, 3.8) is 0 Å². The van der Waals surface area contributed by atoms with E-state index in [0.29, 0.717) is 6.04 Å². The predicted molar refractivity (Wildman–Crippen MR) is 66.8 cm³/mol. The maximum absolute atomic E-state index is 5.36. The van der Waals surface area contributed by atoms with Gasteiger partial charge in [-0.15, -0.1) is 0 Å². The molecule has 0 atom stereocenters. The molecule has 1 aromatic rings. The van der Waals surface area contributed by atoms with E-state index in [4.69, 9.17) is 4.74 Å². The molecule has 1 N–H and O–H groups in total. The van der Waals surface area contributed by atoms with Gasteiger partial charge in [0, 0.05) is 25.9 Å². The van der Waals surface area contributed by atoms with Gasteiger partial charge in [0.1, 0.15) is 0 Å². The van der Waals surface area contributed by atoms with Crippen LogP contribution >= 0.6 is 0 Å². The maximum Gasteiger partial charge on any atom is 0.0726 e.